The molecule has 0 spiro atoms. The number of quaternary nitrogens is 2. The Kier molecular flexibility index (Phi) is 43.3. The molecule has 2 heterocycles. The van der Waals surface area contributed by atoms with Crippen molar-refractivity contribution in [1.29, 1.82) is 0 Å². The van der Waals surface area contributed by atoms with Crippen LogP contribution in [0.4, 0.5) is 0 Å². The van der Waals surface area contributed by atoms with Gasteiger partial charge in [0.2, 0.25) is 12.8 Å². The van der Waals surface area contributed by atoms with Crippen LogP contribution in [0, 0.1) is 0 Å². The molecule has 34 heteroatoms. The van der Waals surface area contributed by atoms with Gasteiger partial charge in [0, 0.05) is 47.0 Å². The summed E-state index contributed by atoms with van der Waals surface area (Å²) in [6, 6.07) is 12.1. The topological polar surface area (TPSA) is 284 Å². The molecule has 0 atom stereocenters. The molecule has 0 saturated heterocycles. The Labute approximate surface area is 555 Å². The van der Waals surface area contributed by atoms with Crippen LogP contribution in [0.5, 0.6) is 46.0 Å². The summed E-state index contributed by atoms with van der Waals surface area (Å²) >= 11 is 86.8. The summed E-state index contributed by atoms with van der Waals surface area (Å²) in [6.07, 6.45) is 6.41. The second-order valence-electron chi connectivity index (χ2n) is 14.4. The van der Waals surface area contributed by atoms with E-state index >= 15 is 0 Å². The summed E-state index contributed by atoms with van der Waals surface area (Å²) in [5, 5.41) is 87.1. The Balaban J connectivity index is -0.000000880. The first kappa shape index (κ1) is 81.3. The number of halogens is 16. The SMILES string of the molecule is CN(C)C=O.CN(C)C=O.[Mn+3].[Mn+3].[O-]c1c([O-])c(Cl)c(Cl)c(Cl)c1Cl.[O-]c1c([O-])c(Cl)c(Cl)c(Cl)c1Cl.[O-]c1c([O-])c(Cl)c(Cl)c(Cl)c1Cl.[O-]c1c([O-])c(Cl)c(Cl)c(Cl)c1Cl.c1ccc(C[NH2+]CCC[NH2+]Cc2ccccn2)nc1. The number of hydrogen-bond acceptors (Lipinski definition) is 12. The normalized spacial score (nSPS) is 9.67. The molecule has 2 amide bonds. The van der Waals surface area contributed by atoms with Gasteiger partial charge in [-0.2, -0.15) is 0 Å². The first-order chi connectivity index (χ1) is 35.8. The molecule has 0 aliphatic rings. The van der Waals surface area contributed by atoms with Gasteiger partial charge >= 0.3 is 34.1 Å². The van der Waals surface area contributed by atoms with Gasteiger partial charge in [-0.15, -0.1) is 0 Å². The van der Waals surface area contributed by atoms with Crippen molar-refractivity contribution in [3.63, 3.8) is 0 Å². The van der Waals surface area contributed by atoms with E-state index in [4.69, 9.17) is 186 Å². The molecule has 0 radical (unpaired) electrons. The molecule has 0 aliphatic carbocycles. The zero-order valence-corrected chi connectivity index (χ0v) is 54.6. The molecule has 4 aromatic carbocycles. The minimum Gasteiger partial charge on any atom is -0.872 e. The molecule has 79 heavy (non-hydrogen) atoms. The van der Waals surface area contributed by atoms with Crippen molar-refractivity contribution in [3.05, 3.63) is 141 Å². The van der Waals surface area contributed by atoms with Crippen molar-refractivity contribution in [2.75, 3.05) is 41.3 Å². The van der Waals surface area contributed by atoms with Crippen LogP contribution in [-0.4, -0.2) is 73.9 Å². The largest absolute Gasteiger partial charge is 3.00 e. The third kappa shape index (κ3) is 27.1. The van der Waals surface area contributed by atoms with Crippen molar-refractivity contribution in [2.45, 2.75) is 19.5 Å². The molecule has 0 aliphatic heterocycles. The Morgan fingerprint density at radius 2 is 0.544 bits per heavy atom. The zero-order chi connectivity index (χ0) is 59.6. The molecule has 0 unspecified atom stereocenters. The fraction of sp³-hybridized carbons (Fsp3) is 0.200. The van der Waals surface area contributed by atoms with Crippen molar-refractivity contribution < 1.29 is 95.2 Å². The zero-order valence-electron chi connectivity index (χ0n) is 40.1. The van der Waals surface area contributed by atoms with Gasteiger partial charge in [-0.25, -0.2) is 0 Å². The Morgan fingerprint density at radius 3 is 0.684 bits per heavy atom. The predicted octanol–water partition coefficient (Wildman–Crippen LogP) is 8.89. The average Bonchev–Trinajstić information content (AvgIpc) is 3.44. The maximum atomic E-state index is 10.9. The molecule has 16 nitrogen and oxygen atoms in total. The van der Waals surface area contributed by atoms with E-state index in [0.717, 1.165) is 50.4 Å². The summed E-state index contributed by atoms with van der Waals surface area (Å²) in [5.41, 5.74) is 2.31. The first-order valence-corrected chi connectivity index (χ1v) is 26.4. The molecule has 0 fully saturated rings. The van der Waals surface area contributed by atoms with Gasteiger partial charge in [0.1, 0.15) is 13.1 Å². The predicted molar refractivity (Wildman–Crippen MR) is 295 cm³/mol. The third-order valence-electron chi connectivity index (χ3n) is 8.13. The smallest absolute Gasteiger partial charge is 0.872 e. The monoisotopic (exact) mass is 1490 g/mol. The second-order valence-corrected chi connectivity index (χ2v) is 20.4. The van der Waals surface area contributed by atoms with Gasteiger partial charge in [0.15, 0.2) is 0 Å². The average molecular weight is 1500 g/mol. The number of carbonyl (C=O) groups is 2. The number of amides is 2. The van der Waals surface area contributed by atoms with E-state index in [9.17, 15) is 50.4 Å². The first-order valence-electron chi connectivity index (χ1n) is 20.3. The molecule has 4 N–H and O–H groups in total. The van der Waals surface area contributed by atoms with Gasteiger partial charge in [-0.05, 0) is 24.3 Å². The number of nitrogens with two attached hydrogens (primary N) is 2. The van der Waals surface area contributed by atoms with Crippen LogP contribution in [0.1, 0.15) is 17.8 Å². The second kappa shape index (κ2) is 42.0. The van der Waals surface area contributed by atoms with E-state index in [1.54, 1.807) is 28.2 Å². The third-order valence-corrected chi connectivity index (χ3v) is 15.2. The van der Waals surface area contributed by atoms with Gasteiger partial charge in [0.25, 0.3) is 0 Å². The fourth-order valence-electron chi connectivity index (χ4n) is 4.31. The van der Waals surface area contributed by atoms with Crippen LogP contribution in [0.25, 0.3) is 0 Å². The van der Waals surface area contributed by atoms with Crippen LogP contribution in [0.2, 0.25) is 80.4 Å². The summed E-state index contributed by atoms with van der Waals surface area (Å²) < 4.78 is 0. The molecule has 432 valence electrons. The molecule has 2 aromatic heterocycles. The standard InChI is InChI=1S/C15H20N4.4C6H2Cl4O2.2C3H7NO.2Mn/c1-3-10-18-14(6-1)12-16-8-5-9-17-13-15-7-2-4-11-19-15;4*7-1-2(8)4(10)6(12)5(11)3(1)9;2*1-4(2)3-5;;/h1-4,6-7,10-11,16-17H,5,8-9,12-13H2;4*11-12H;2*3H,1-2H3;;/q;;;;;;;2*+3/p-6. The number of rotatable bonds is 10. The molecule has 6 aromatic rings. The van der Waals surface area contributed by atoms with E-state index < -0.39 is 86.2 Å². The summed E-state index contributed by atoms with van der Waals surface area (Å²) in [4.78, 5) is 30.4. The molecular weight excluding hydrogens is 1460 g/mol. The van der Waals surface area contributed by atoms with E-state index in [1.165, 1.54) is 16.2 Å². The van der Waals surface area contributed by atoms with Crippen LogP contribution < -0.4 is 51.5 Å². The number of carbonyl (C=O) groups excluding carboxylic acids is 2. The summed E-state index contributed by atoms with van der Waals surface area (Å²) in [7, 11) is 6.75. The van der Waals surface area contributed by atoms with Crippen LogP contribution in [-0.2, 0) is 56.8 Å². The van der Waals surface area contributed by atoms with E-state index in [-0.39, 0.29) is 74.3 Å². The Hall–Kier alpha value is -1.88. The number of hydrogen-bond donors (Lipinski definition) is 2. The molecular formula is C45H36Cl16Mn2N6O10. The Bertz CT molecular complexity index is 2140. The van der Waals surface area contributed by atoms with Gasteiger partial charge in [-0.1, -0.05) is 244 Å². The summed E-state index contributed by atoms with van der Waals surface area (Å²) in [6.45, 7) is 4.24. The fourth-order valence-corrected chi connectivity index (χ4v) is 7.58. The van der Waals surface area contributed by atoms with Crippen molar-refractivity contribution in [1.82, 2.24) is 19.8 Å². The molecule has 0 saturated carbocycles. The van der Waals surface area contributed by atoms with Crippen molar-refractivity contribution in [2.24, 2.45) is 0 Å². The number of aromatic nitrogens is 2. The van der Waals surface area contributed by atoms with E-state index in [1.807, 2.05) is 36.7 Å². The van der Waals surface area contributed by atoms with E-state index in [2.05, 4.69) is 32.7 Å². The summed E-state index contributed by atoms with van der Waals surface area (Å²) in [5.74, 6) is -7.47. The quantitative estimate of drug-likeness (QED) is 0.0427. The van der Waals surface area contributed by atoms with E-state index in [0.29, 0.717) is 0 Å². The van der Waals surface area contributed by atoms with Crippen molar-refractivity contribution >= 4 is 198 Å². The maximum absolute atomic E-state index is 10.9. The maximum Gasteiger partial charge on any atom is 3.00 e. The van der Waals surface area contributed by atoms with Crippen molar-refractivity contribution in [3.8, 4) is 46.0 Å². The Morgan fingerprint density at radius 1 is 0.367 bits per heavy atom. The van der Waals surface area contributed by atoms with Gasteiger partial charge in [0.05, 0.1) is 105 Å². The number of benzene rings is 4. The van der Waals surface area contributed by atoms with Crippen LogP contribution in [0.15, 0.2) is 48.8 Å². The minimum atomic E-state index is -0.934. The number of pyridine rings is 2. The van der Waals surface area contributed by atoms with Crippen LogP contribution >= 0.6 is 186 Å². The van der Waals surface area contributed by atoms with Gasteiger partial charge < -0.3 is 61.3 Å². The van der Waals surface area contributed by atoms with Gasteiger partial charge in [-0.3, -0.25) is 19.6 Å². The molecule has 6 rings (SSSR count). The number of nitrogens with zero attached hydrogens (tertiary/aromatic N) is 4. The molecule has 0 bridgehead atoms. The minimum absolute atomic E-state index is 0. The van der Waals surface area contributed by atoms with Crippen LogP contribution in [0.3, 0.4) is 0 Å².